The molecule has 1 N–H and O–H groups in total. The highest BCUT2D eigenvalue weighted by Gasteiger charge is 2.12. The van der Waals surface area contributed by atoms with Gasteiger partial charge in [0.05, 0.1) is 6.10 Å². The molecule has 0 aliphatic heterocycles. The molecular weight excluding hydrogens is 295 g/mol. The Labute approximate surface area is 128 Å². The Morgan fingerprint density at radius 2 is 1.70 bits per heavy atom. The Morgan fingerprint density at radius 3 is 2.35 bits per heavy atom. The van der Waals surface area contributed by atoms with Gasteiger partial charge in [-0.2, -0.15) is 0 Å². The van der Waals surface area contributed by atoms with Crippen molar-refractivity contribution in [3.8, 4) is 5.75 Å². The highest BCUT2D eigenvalue weighted by molar-refractivity contribution is 6.35. The number of rotatable bonds is 5. The van der Waals surface area contributed by atoms with Gasteiger partial charge in [-0.15, -0.1) is 0 Å². The van der Waals surface area contributed by atoms with E-state index in [-0.39, 0.29) is 6.61 Å². The van der Waals surface area contributed by atoms with Gasteiger partial charge >= 0.3 is 0 Å². The number of ether oxygens (including phenoxy) is 1. The van der Waals surface area contributed by atoms with Crippen LogP contribution in [0.15, 0.2) is 42.5 Å². The van der Waals surface area contributed by atoms with Gasteiger partial charge in [0.1, 0.15) is 12.4 Å². The minimum absolute atomic E-state index is 0.270. The third kappa shape index (κ3) is 3.45. The molecule has 2 aromatic rings. The van der Waals surface area contributed by atoms with Gasteiger partial charge < -0.3 is 9.84 Å². The molecule has 0 amide bonds. The summed E-state index contributed by atoms with van der Waals surface area (Å²) < 4.78 is 5.78. The first-order valence-corrected chi connectivity index (χ1v) is 7.21. The van der Waals surface area contributed by atoms with Crippen molar-refractivity contribution in [3.63, 3.8) is 0 Å². The van der Waals surface area contributed by atoms with Crippen LogP contribution >= 0.6 is 23.2 Å². The SMILES string of the molecule is CCC(O)c1ccccc1OCc1c(Cl)cccc1Cl. The van der Waals surface area contributed by atoms with E-state index in [0.717, 1.165) is 11.1 Å². The molecule has 2 nitrogen and oxygen atoms in total. The maximum absolute atomic E-state index is 9.98. The van der Waals surface area contributed by atoms with Gasteiger partial charge in [0, 0.05) is 21.2 Å². The molecule has 106 valence electrons. The van der Waals surface area contributed by atoms with E-state index in [0.29, 0.717) is 22.2 Å². The average Bonchev–Trinajstić information content (AvgIpc) is 2.46. The molecule has 0 spiro atoms. The van der Waals surface area contributed by atoms with E-state index in [1.54, 1.807) is 18.2 Å². The second kappa shape index (κ2) is 6.98. The van der Waals surface area contributed by atoms with Gasteiger partial charge in [-0.25, -0.2) is 0 Å². The molecule has 0 radical (unpaired) electrons. The Hall–Kier alpha value is -1.22. The van der Waals surface area contributed by atoms with Gasteiger partial charge in [0.2, 0.25) is 0 Å². The van der Waals surface area contributed by atoms with Crippen molar-refractivity contribution in [2.24, 2.45) is 0 Å². The van der Waals surface area contributed by atoms with Crippen molar-refractivity contribution in [2.45, 2.75) is 26.1 Å². The van der Waals surface area contributed by atoms with Crippen LogP contribution in [-0.4, -0.2) is 5.11 Å². The standard InChI is InChI=1S/C16H16Cl2O2/c1-2-15(19)11-6-3-4-9-16(11)20-10-12-13(17)7-5-8-14(12)18/h3-9,15,19H,2,10H2,1H3. The molecule has 20 heavy (non-hydrogen) atoms. The van der Waals surface area contributed by atoms with Crippen LogP contribution in [0.3, 0.4) is 0 Å². The fraction of sp³-hybridized carbons (Fsp3) is 0.250. The maximum atomic E-state index is 9.98. The zero-order valence-corrected chi connectivity index (χ0v) is 12.7. The summed E-state index contributed by atoms with van der Waals surface area (Å²) in [5.74, 6) is 0.651. The lowest BCUT2D eigenvalue weighted by atomic mass is 10.1. The van der Waals surface area contributed by atoms with Crippen molar-refractivity contribution in [3.05, 3.63) is 63.6 Å². The third-order valence-electron chi connectivity index (χ3n) is 3.10. The molecule has 0 bridgehead atoms. The van der Waals surface area contributed by atoms with Crippen LogP contribution in [0.25, 0.3) is 0 Å². The van der Waals surface area contributed by atoms with Crippen LogP contribution in [0.2, 0.25) is 10.0 Å². The molecule has 0 heterocycles. The van der Waals surface area contributed by atoms with E-state index < -0.39 is 6.10 Å². The predicted octanol–water partition coefficient (Wildman–Crippen LogP) is 5.02. The van der Waals surface area contributed by atoms with Crippen molar-refractivity contribution < 1.29 is 9.84 Å². The molecule has 0 fully saturated rings. The van der Waals surface area contributed by atoms with E-state index in [1.165, 1.54) is 0 Å². The molecule has 2 aromatic carbocycles. The van der Waals surface area contributed by atoms with E-state index in [9.17, 15) is 5.11 Å². The molecule has 1 atom stereocenters. The predicted molar refractivity (Wildman–Crippen MR) is 82.5 cm³/mol. The minimum atomic E-state index is -0.534. The van der Waals surface area contributed by atoms with Crippen molar-refractivity contribution in [2.75, 3.05) is 0 Å². The van der Waals surface area contributed by atoms with Crippen LogP contribution < -0.4 is 4.74 Å². The third-order valence-corrected chi connectivity index (χ3v) is 3.81. The lowest BCUT2D eigenvalue weighted by Gasteiger charge is -2.15. The summed E-state index contributed by atoms with van der Waals surface area (Å²) in [5.41, 5.74) is 1.52. The van der Waals surface area contributed by atoms with E-state index >= 15 is 0 Å². The van der Waals surface area contributed by atoms with Crippen LogP contribution in [0, 0.1) is 0 Å². The summed E-state index contributed by atoms with van der Waals surface area (Å²) in [5, 5.41) is 11.1. The van der Waals surface area contributed by atoms with Crippen molar-refractivity contribution in [1.29, 1.82) is 0 Å². The first kappa shape index (κ1) is 15.2. The van der Waals surface area contributed by atoms with Gasteiger partial charge in [-0.05, 0) is 24.6 Å². The minimum Gasteiger partial charge on any atom is -0.488 e. The summed E-state index contributed by atoms with van der Waals surface area (Å²) in [4.78, 5) is 0. The molecule has 0 saturated carbocycles. The zero-order valence-electron chi connectivity index (χ0n) is 11.1. The number of hydrogen-bond donors (Lipinski definition) is 1. The van der Waals surface area contributed by atoms with Crippen LogP contribution in [0.5, 0.6) is 5.75 Å². The first-order valence-electron chi connectivity index (χ1n) is 6.46. The number of benzene rings is 2. The van der Waals surface area contributed by atoms with Crippen LogP contribution in [0.4, 0.5) is 0 Å². The van der Waals surface area contributed by atoms with Gasteiger partial charge in [-0.1, -0.05) is 54.4 Å². The summed E-state index contributed by atoms with van der Waals surface area (Å²) >= 11 is 12.2. The topological polar surface area (TPSA) is 29.5 Å². The number of halogens is 2. The molecule has 0 aliphatic carbocycles. The molecule has 4 heteroatoms. The summed E-state index contributed by atoms with van der Waals surface area (Å²) in [6.07, 6.45) is 0.0978. The monoisotopic (exact) mass is 310 g/mol. The fourth-order valence-corrected chi connectivity index (χ4v) is 2.43. The molecule has 0 saturated heterocycles. The Morgan fingerprint density at radius 1 is 1.05 bits per heavy atom. The lowest BCUT2D eigenvalue weighted by molar-refractivity contribution is 0.166. The van der Waals surface area contributed by atoms with E-state index in [2.05, 4.69) is 0 Å². The van der Waals surface area contributed by atoms with Gasteiger partial charge in [-0.3, -0.25) is 0 Å². The highest BCUT2D eigenvalue weighted by Crippen LogP contribution is 2.30. The van der Waals surface area contributed by atoms with Crippen LogP contribution in [0.1, 0.15) is 30.6 Å². The molecule has 0 aliphatic rings. The zero-order chi connectivity index (χ0) is 14.5. The largest absolute Gasteiger partial charge is 0.488 e. The quantitative estimate of drug-likeness (QED) is 0.840. The number of aliphatic hydroxyl groups is 1. The van der Waals surface area contributed by atoms with Crippen LogP contribution in [-0.2, 0) is 6.61 Å². The maximum Gasteiger partial charge on any atom is 0.125 e. The first-order chi connectivity index (χ1) is 9.63. The van der Waals surface area contributed by atoms with Crippen molar-refractivity contribution >= 4 is 23.2 Å². The second-order valence-corrected chi connectivity index (χ2v) is 5.27. The number of aliphatic hydroxyl groups excluding tert-OH is 1. The molecule has 2 rings (SSSR count). The van der Waals surface area contributed by atoms with Gasteiger partial charge in [0.15, 0.2) is 0 Å². The summed E-state index contributed by atoms with van der Waals surface area (Å²) in [6, 6.07) is 12.8. The fourth-order valence-electron chi connectivity index (χ4n) is 1.93. The molecule has 0 aromatic heterocycles. The van der Waals surface area contributed by atoms with Crippen molar-refractivity contribution in [1.82, 2.24) is 0 Å². The normalized spacial score (nSPS) is 12.2. The second-order valence-electron chi connectivity index (χ2n) is 4.45. The van der Waals surface area contributed by atoms with E-state index in [1.807, 2.05) is 31.2 Å². The Balaban J connectivity index is 2.19. The van der Waals surface area contributed by atoms with Gasteiger partial charge in [0.25, 0.3) is 0 Å². The summed E-state index contributed by atoms with van der Waals surface area (Å²) in [7, 11) is 0. The molecule has 1 unspecified atom stereocenters. The highest BCUT2D eigenvalue weighted by atomic mass is 35.5. The average molecular weight is 311 g/mol. The summed E-state index contributed by atoms with van der Waals surface area (Å²) in [6.45, 7) is 2.19. The number of hydrogen-bond acceptors (Lipinski definition) is 2. The molecular formula is C16H16Cl2O2. The number of para-hydroxylation sites is 1. The lowest BCUT2D eigenvalue weighted by Crippen LogP contribution is -2.03. The Bertz CT molecular complexity index is 564. The smallest absolute Gasteiger partial charge is 0.125 e. The Kier molecular flexibility index (Phi) is 5.30. The van der Waals surface area contributed by atoms with E-state index in [4.69, 9.17) is 27.9 Å².